The lowest BCUT2D eigenvalue weighted by molar-refractivity contribution is -0.116. The van der Waals surface area contributed by atoms with Crippen LogP contribution in [0, 0.1) is 0 Å². The van der Waals surface area contributed by atoms with E-state index in [-0.39, 0.29) is 5.91 Å². The predicted molar refractivity (Wildman–Crippen MR) is 85.2 cm³/mol. The molecular weight excluding hydrogens is 264 g/mol. The van der Waals surface area contributed by atoms with Gasteiger partial charge >= 0.3 is 0 Å². The molecule has 0 fully saturated rings. The number of benzene rings is 1. The molecule has 0 radical (unpaired) electrons. The van der Waals surface area contributed by atoms with Crippen molar-refractivity contribution in [2.45, 2.75) is 12.8 Å². The topological polar surface area (TPSA) is 50.4 Å². The lowest BCUT2D eigenvalue weighted by Crippen LogP contribution is -2.25. The SMILES string of the molecule is COc1ccc(/C=C/C(=O)NCCC2=CCNCC2)cc1. The largest absolute Gasteiger partial charge is 0.497 e. The van der Waals surface area contributed by atoms with Crippen molar-refractivity contribution in [1.82, 2.24) is 10.6 Å². The highest BCUT2D eigenvalue weighted by atomic mass is 16.5. The highest BCUT2D eigenvalue weighted by Gasteiger charge is 2.03. The van der Waals surface area contributed by atoms with Crippen molar-refractivity contribution in [1.29, 1.82) is 0 Å². The molecule has 21 heavy (non-hydrogen) atoms. The van der Waals surface area contributed by atoms with Crippen LogP contribution in [0.2, 0.25) is 0 Å². The minimum Gasteiger partial charge on any atom is -0.497 e. The molecule has 0 unspecified atom stereocenters. The van der Waals surface area contributed by atoms with Crippen LogP contribution in [0.3, 0.4) is 0 Å². The van der Waals surface area contributed by atoms with Crippen molar-refractivity contribution in [3.8, 4) is 5.75 Å². The van der Waals surface area contributed by atoms with Gasteiger partial charge in [0.25, 0.3) is 0 Å². The molecule has 4 heteroatoms. The Morgan fingerprint density at radius 2 is 2.19 bits per heavy atom. The summed E-state index contributed by atoms with van der Waals surface area (Å²) in [5, 5.41) is 6.19. The van der Waals surface area contributed by atoms with Crippen molar-refractivity contribution in [3.63, 3.8) is 0 Å². The number of ether oxygens (including phenoxy) is 1. The first-order valence-electron chi connectivity index (χ1n) is 7.26. The van der Waals surface area contributed by atoms with E-state index < -0.39 is 0 Å². The van der Waals surface area contributed by atoms with Gasteiger partial charge in [0.15, 0.2) is 0 Å². The molecule has 1 amide bonds. The second-order valence-corrected chi connectivity index (χ2v) is 4.96. The molecule has 0 aromatic heterocycles. The Kier molecular flexibility index (Phi) is 6.03. The summed E-state index contributed by atoms with van der Waals surface area (Å²) in [6.07, 6.45) is 7.60. The van der Waals surface area contributed by atoms with Gasteiger partial charge in [-0.1, -0.05) is 23.8 Å². The number of hydrogen-bond donors (Lipinski definition) is 2. The number of amides is 1. The Morgan fingerprint density at radius 1 is 1.38 bits per heavy atom. The molecule has 1 aliphatic heterocycles. The van der Waals surface area contributed by atoms with Crippen LogP contribution in [0.15, 0.2) is 42.0 Å². The summed E-state index contributed by atoms with van der Waals surface area (Å²) in [7, 11) is 1.64. The van der Waals surface area contributed by atoms with Crippen molar-refractivity contribution in [3.05, 3.63) is 47.6 Å². The first-order valence-corrected chi connectivity index (χ1v) is 7.26. The fourth-order valence-electron chi connectivity index (χ4n) is 2.19. The fourth-order valence-corrected chi connectivity index (χ4v) is 2.19. The molecule has 0 saturated carbocycles. The quantitative estimate of drug-likeness (QED) is 0.622. The number of methoxy groups -OCH3 is 1. The third-order valence-corrected chi connectivity index (χ3v) is 3.45. The number of nitrogens with one attached hydrogen (secondary N) is 2. The van der Waals surface area contributed by atoms with Crippen LogP contribution in [0.4, 0.5) is 0 Å². The van der Waals surface area contributed by atoms with E-state index in [9.17, 15) is 4.79 Å². The molecule has 4 nitrogen and oxygen atoms in total. The fraction of sp³-hybridized carbons (Fsp3) is 0.353. The molecule has 1 aliphatic rings. The van der Waals surface area contributed by atoms with Gasteiger partial charge in [0.1, 0.15) is 5.75 Å². The van der Waals surface area contributed by atoms with Crippen molar-refractivity contribution in [2.75, 3.05) is 26.7 Å². The van der Waals surface area contributed by atoms with E-state index in [0.29, 0.717) is 6.54 Å². The monoisotopic (exact) mass is 286 g/mol. The van der Waals surface area contributed by atoms with Gasteiger partial charge in [-0.25, -0.2) is 0 Å². The Bertz CT molecular complexity index is 518. The van der Waals surface area contributed by atoms with Crippen LogP contribution in [0.1, 0.15) is 18.4 Å². The molecule has 0 saturated heterocycles. The van der Waals surface area contributed by atoms with Crippen molar-refractivity contribution >= 4 is 12.0 Å². The number of carbonyl (C=O) groups excluding carboxylic acids is 1. The maximum Gasteiger partial charge on any atom is 0.244 e. The van der Waals surface area contributed by atoms with E-state index in [1.807, 2.05) is 24.3 Å². The molecule has 2 rings (SSSR count). The van der Waals surface area contributed by atoms with E-state index in [1.54, 1.807) is 19.3 Å². The Hall–Kier alpha value is -2.07. The molecule has 0 aliphatic carbocycles. The van der Waals surface area contributed by atoms with Crippen LogP contribution >= 0.6 is 0 Å². The first kappa shape index (κ1) is 15.3. The molecule has 1 aromatic rings. The maximum atomic E-state index is 11.7. The minimum atomic E-state index is -0.0552. The van der Waals surface area contributed by atoms with Gasteiger partial charge in [-0.05, 0) is 43.2 Å². The lowest BCUT2D eigenvalue weighted by atomic mass is 10.1. The summed E-state index contributed by atoms with van der Waals surface area (Å²) >= 11 is 0. The van der Waals surface area contributed by atoms with Gasteiger partial charge < -0.3 is 15.4 Å². The Labute approximate surface area is 125 Å². The third-order valence-electron chi connectivity index (χ3n) is 3.45. The second-order valence-electron chi connectivity index (χ2n) is 4.96. The average molecular weight is 286 g/mol. The third kappa shape index (κ3) is 5.44. The Balaban J connectivity index is 1.72. The average Bonchev–Trinajstić information content (AvgIpc) is 2.54. The summed E-state index contributed by atoms with van der Waals surface area (Å²) in [6.45, 7) is 2.68. The van der Waals surface area contributed by atoms with Gasteiger partial charge in [0, 0.05) is 19.2 Å². The summed E-state index contributed by atoms with van der Waals surface area (Å²) in [5.41, 5.74) is 2.40. The van der Waals surface area contributed by atoms with Gasteiger partial charge in [-0.2, -0.15) is 0 Å². The summed E-state index contributed by atoms with van der Waals surface area (Å²) < 4.78 is 5.09. The number of rotatable bonds is 6. The Morgan fingerprint density at radius 3 is 2.86 bits per heavy atom. The highest BCUT2D eigenvalue weighted by Crippen LogP contribution is 2.12. The predicted octanol–water partition coefficient (Wildman–Crippen LogP) is 2.13. The summed E-state index contributed by atoms with van der Waals surface area (Å²) in [5.74, 6) is 0.757. The lowest BCUT2D eigenvalue weighted by Gasteiger charge is -2.13. The zero-order chi connectivity index (χ0) is 14.9. The molecular formula is C17H22N2O2. The van der Waals surface area contributed by atoms with Crippen molar-refractivity contribution in [2.24, 2.45) is 0 Å². The summed E-state index contributed by atoms with van der Waals surface area (Å²) in [4.78, 5) is 11.7. The minimum absolute atomic E-state index is 0.0552. The molecule has 2 N–H and O–H groups in total. The van der Waals surface area contributed by atoms with E-state index in [1.165, 1.54) is 5.57 Å². The number of carbonyl (C=O) groups is 1. The van der Waals surface area contributed by atoms with Crippen LogP contribution in [0.25, 0.3) is 6.08 Å². The van der Waals surface area contributed by atoms with Crippen LogP contribution in [-0.4, -0.2) is 32.7 Å². The first-order chi connectivity index (χ1) is 10.3. The van der Waals surface area contributed by atoms with Crippen molar-refractivity contribution < 1.29 is 9.53 Å². The zero-order valence-electron chi connectivity index (χ0n) is 12.4. The van der Waals surface area contributed by atoms with E-state index >= 15 is 0 Å². The molecule has 112 valence electrons. The van der Waals surface area contributed by atoms with Crippen LogP contribution < -0.4 is 15.4 Å². The van der Waals surface area contributed by atoms with Gasteiger partial charge in [-0.15, -0.1) is 0 Å². The zero-order valence-corrected chi connectivity index (χ0v) is 12.4. The van der Waals surface area contributed by atoms with E-state index in [4.69, 9.17) is 4.74 Å². The van der Waals surface area contributed by atoms with Gasteiger partial charge in [0.05, 0.1) is 7.11 Å². The summed E-state index contributed by atoms with van der Waals surface area (Å²) in [6, 6.07) is 7.59. The van der Waals surface area contributed by atoms with Gasteiger partial charge in [-0.3, -0.25) is 4.79 Å². The van der Waals surface area contributed by atoms with E-state index in [2.05, 4.69) is 16.7 Å². The molecule has 1 aromatic carbocycles. The molecule has 1 heterocycles. The normalized spacial score (nSPS) is 14.8. The highest BCUT2D eigenvalue weighted by molar-refractivity contribution is 5.91. The maximum absolute atomic E-state index is 11.7. The van der Waals surface area contributed by atoms with E-state index in [0.717, 1.165) is 37.2 Å². The number of hydrogen-bond acceptors (Lipinski definition) is 3. The molecule has 0 atom stereocenters. The van der Waals surface area contributed by atoms with Gasteiger partial charge in [0.2, 0.25) is 5.91 Å². The molecule has 0 bridgehead atoms. The van der Waals surface area contributed by atoms with Crippen LogP contribution in [-0.2, 0) is 4.79 Å². The standard InChI is InChI=1S/C17H22N2O2/c1-21-16-5-2-14(3-6-16)4-7-17(20)19-13-10-15-8-11-18-12-9-15/h2-8,18H,9-13H2,1H3,(H,19,20)/b7-4+. The second kappa shape index (κ2) is 8.27. The smallest absolute Gasteiger partial charge is 0.244 e. The van der Waals surface area contributed by atoms with Crippen LogP contribution in [0.5, 0.6) is 5.75 Å². The molecule has 0 spiro atoms.